The first-order chi connectivity index (χ1) is 8.99. The third-order valence-corrected chi connectivity index (χ3v) is 3.36. The van der Waals surface area contributed by atoms with Crippen LogP contribution in [0, 0.1) is 11.7 Å². The SMILES string of the molecule is CC(CCNCc1cc(F)ccc1Cl)CCC(=O)O. The van der Waals surface area contributed by atoms with Crippen LogP contribution in [0.5, 0.6) is 0 Å². The summed E-state index contributed by atoms with van der Waals surface area (Å²) in [4.78, 5) is 10.4. The Morgan fingerprint density at radius 1 is 1.47 bits per heavy atom. The fourth-order valence-corrected chi connectivity index (χ4v) is 1.95. The van der Waals surface area contributed by atoms with Crippen molar-refractivity contribution in [2.24, 2.45) is 5.92 Å². The number of aliphatic carboxylic acids is 1. The Balaban J connectivity index is 2.23. The van der Waals surface area contributed by atoms with E-state index in [1.807, 2.05) is 6.92 Å². The lowest BCUT2D eigenvalue weighted by atomic mass is 10.0. The number of rotatable bonds is 8. The van der Waals surface area contributed by atoms with Crippen molar-refractivity contribution in [1.29, 1.82) is 0 Å². The lowest BCUT2D eigenvalue weighted by molar-refractivity contribution is -0.137. The van der Waals surface area contributed by atoms with Gasteiger partial charge in [0.2, 0.25) is 0 Å². The Bertz CT molecular complexity index is 426. The zero-order valence-electron chi connectivity index (χ0n) is 11.0. The largest absolute Gasteiger partial charge is 0.481 e. The summed E-state index contributed by atoms with van der Waals surface area (Å²) >= 11 is 5.95. The number of hydrogen-bond donors (Lipinski definition) is 2. The lowest BCUT2D eigenvalue weighted by Gasteiger charge is -2.11. The van der Waals surface area contributed by atoms with E-state index in [9.17, 15) is 9.18 Å². The van der Waals surface area contributed by atoms with Gasteiger partial charge in [-0.1, -0.05) is 18.5 Å². The smallest absolute Gasteiger partial charge is 0.303 e. The second-order valence-electron chi connectivity index (χ2n) is 4.74. The summed E-state index contributed by atoms with van der Waals surface area (Å²) in [5.74, 6) is -0.700. The van der Waals surface area contributed by atoms with Gasteiger partial charge in [0.1, 0.15) is 5.82 Å². The van der Waals surface area contributed by atoms with Crippen molar-refractivity contribution in [3.63, 3.8) is 0 Å². The Morgan fingerprint density at radius 2 is 2.21 bits per heavy atom. The highest BCUT2D eigenvalue weighted by molar-refractivity contribution is 6.31. The van der Waals surface area contributed by atoms with E-state index in [-0.39, 0.29) is 12.2 Å². The normalized spacial score (nSPS) is 12.4. The highest BCUT2D eigenvalue weighted by Crippen LogP contribution is 2.17. The Hall–Kier alpha value is -1.13. The minimum absolute atomic E-state index is 0.205. The quantitative estimate of drug-likeness (QED) is 0.720. The molecule has 19 heavy (non-hydrogen) atoms. The average molecular weight is 288 g/mol. The molecule has 0 spiro atoms. The van der Waals surface area contributed by atoms with Crippen LogP contribution in [0.4, 0.5) is 4.39 Å². The molecule has 2 N–H and O–H groups in total. The van der Waals surface area contributed by atoms with Crippen molar-refractivity contribution in [2.45, 2.75) is 32.7 Å². The Morgan fingerprint density at radius 3 is 2.89 bits per heavy atom. The zero-order valence-corrected chi connectivity index (χ0v) is 11.7. The van der Waals surface area contributed by atoms with Gasteiger partial charge in [0.05, 0.1) is 0 Å². The van der Waals surface area contributed by atoms with Crippen molar-refractivity contribution in [3.8, 4) is 0 Å². The van der Waals surface area contributed by atoms with E-state index in [4.69, 9.17) is 16.7 Å². The number of hydrogen-bond acceptors (Lipinski definition) is 2. The molecule has 0 radical (unpaired) electrons. The van der Waals surface area contributed by atoms with Gasteiger partial charge in [-0.25, -0.2) is 4.39 Å². The summed E-state index contributed by atoms with van der Waals surface area (Å²) < 4.78 is 13.0. The van der Waals surface area contributed by atoms with Crippen molar-refractivity contribution in [2.75, 3.05) is 6.54 Å². The topological polar surface area (TPSA) is 49.3 Å². The average Bonchev–Trinajstić information content (AvgIpc) is 2.36. The minimum Gasteiger partial charge on any atom is -0.481 e. The number of carbonyl (C=O) groups is 1. The van der Waals surface area contributed by atoms with E-state index >= 15 is 0 Å². The van der Waals surface area contributed by atoms with Crippen LogP contribution in [0.2, 0.25) is 5.02 Å². The standard InChI is InChI=1S/C14H19ClFNO2/c1-10(2-5-14(18)19)6-7-17-9-11-8-12(16)3-4-13(11)15/h3-4,8,10,17H,2,5-7,9H2,1H3,(H,18,19). The molecule has 1 unspecified atom stereocenters. The predicted octanol–water partition coefficient (Wildman–Crippen LogP) is 3.46. The van der Waals surface area contributed by atoms with Crippen LogP contribution in [-0.4, -0.2) is 17.6 Å². The first kappa shape index (κ1) is 15.9. The summed E-state index contributed by atoms with van der Waals surface area (Å²) in [6.45, 7) is 3.30. The molecule has 0 aliphatic heterocycles. The molecular formula is C14H19ClFNO2. The number of carboxylic acid groups (broad SMARTS) is 1. The van der Waals surface area contributed by atoms with E-state index in [1.54, 1.807) is 6.07 Å². The first-order valence-corrected chi connectivity index (χ1v) is 6.73. The zero-order chi connectivity index (χ0) is 14.3. The first-order valence-electron chi connectivity index (χ1n) is 6.35. The molecule has 0 heterocycles. The Labute approximate surface area is 117 Å². The van der Waals surface area contributed by atoms with Crippen LogP contribution in [0.25, 0.3) is 0 Å². The van der Waals surface area contributed by atoms with E-state index in [2.05, 4.69) is 5.32 Å². The molecule has 3 nitrogen and oxygen atoms in total. The van der Waals surface area contributed by atoms with Crippen molar-refractivity contribution in [1.82, 2.24) is 5.32 Å². The molecule has 0 aliphatic carbocycles. The fourth-order valence-electron chi connectivity index (χ4n) is 1.76. The van der Waals surface area contributed by atoms with Gasteiger partial charge in [-0.15, -0.1) is 0 Å². The monoisotopic (exact) mass is 287 g/mol. The molecule has 0 bridgehead atoms. The van der Waals surface area contributed by atoms with Crippen molar-refractivity contribution < 1.29 is 14.3 Å². The van der Waals surface area contributed by atoms with E-state index in [0.29, 0.717) is 23.9 Å². The highest BCUT2D eigenvalue weighted by atomic mass is 35.5. The van der Waals surface area contributed by atoms with Crippen LogP contribution in [-0.2, 0) is 11.3 Å². The summed E-state index contributed by atoms with van der Waals surface area (Å²) in [7, 11) is 0. The molecule has 0 amide bonds. The summed E-state index contributed by atoms with van der Waals surface area (Å²) in [6, 6.07) is 4.30. The maximum Gasteiger partial charge on any atom is 0.303 e. The molecule has 0 saturated carbocycles. The van der Waals surface area contributed by atoms with Crippen LogP contribution in [0.1, 0.15) is 31.7 Å². The maximum absolute atomic E-state index is 13.0. The summed E-state index contributed by atoms with van der Waals surface area (Å²) in [5.41, 5.74) is 0.736. The predicted molar refractivity (Wildman–Crippen MR) is 73.8 cm³/mol. The summed E-state index contributed by atoms with van der Waals surface area (Å²) in [6.07, 6.45) is 1.77. The third-order valence-electron chi connectivity index (χ3n) is 2.99. The van der Waals surface area contributed by atoms with Crippen LogP contribution >= 0.6 is 11.6 Å². The molecule has 0 aliphatic rings. The molecule has 5 heteroatoms. The molecule has 0 aromatic heterocycles. The van der Waals surface area contributed by atoms with Gasteiger partial charge in [0.15, 0.2) is 0 Å². The van der Waals surface area contributed by atoms with Crippen LogP contribution < -0.4 is 5.32 Å². The number of carboxylic acids is 1. The Kier molecular flexibility index (Phi) is 6.81. The molecule has 106 valence electrons. The van der Waals surface area contributed by atoms with E-state index in [0.717, 1.165) is 18.5 Å². The summed E-state index contributed by atoms with van der Waals surface area (Å²) in [5, 5.41) is 12.3. The van der Waals surface area contributed by atoms with Gasteiger partial charge >= 0.3 is 5.97 Å². The highest BCUT2D eigenvalue weighted by Gasteiger charge is 2.06. The van der Waals surface area contributed by atoms with Gasteiger partial charge in [-0.05, 0) is 49.1 Å². The van der Waals surface area contributed by atoms with Gasteiger partial charge in [-0.3, -0.25) is 4.79 Å². The second-order valence-corrected chi connectivity index (χ2v) is 5.15. The molecule has 0 saturated heterocycles. The third kappa shape index (κ3) is 6.55. The molecule has 1 rings (SSSR count). The second kappa shape index (κ2) is 8.12. The van der Waals surface area contributed by atoms with Crippen molar-refractivity contribution in [3.05, 3.63) is 34.6 Å². The van der Waals surface area contributed by atoms with Crippen LogP contribution in [0.15, 0.2) is 18.2 Å². The van der Waals surface area contributed by atoms with Gasteiger partial charge < -0.3 is 10.4 Å². The van der Waals surface area contributed by atoms with Gasteiger partial charge in [-0.2, -0.15) is 0 Å². The molecule has 1 aromatic rings. The maximum atomic E-state index is 13.0. The van der Waals surface area contributed by atoms with Crippen LogP contribution in [0.3, 0.4) is 0 Å². The van der Waals surface area contributed by atoms with Crippen molar-refractivity contribution >= 4 is 17.6 Å². The fraction of sp³-hybridized carbons (Fsp3) is 0.500. The molecule has 1 atom stereocenters. The van der Waals surface area contributed by atoms with Gasteiger partial charge in [0.25, 0.3) is 0 Å². The van der Waals surface area contributed by atoms with E-state index in [1.165, 1.54) is 12.1 Å². The van der Waals surface area contributed by atoms with Gasteiger partial charge in [0, 0.05) is 18.0 Å². The molecule has 0 fully saturated rings. The van der Waals surface area contributed by atoms with E-state index < -0.39 is 5.97 Å². The number of nitrogens with one attached hydrogen (secondary N) is 1. The lowest BCUT2D eigenvalue weighted by Crippen LogP contribution is -2.17. The number of halogens is 2. The minimum atomic E-state index is -0.758. The molecule has 1 aromatic carbocycles. The number of benzene rings is 1. The molecular weight excluding hydrogens is 269 g/mol.